The lowest BCUT2D eigenvalue weighted by molar-refractivity contribution is 0.281. The monoisotopic (exact) mass is 272 g/mol. The zero-order chi connectivity index (χ0) is 14.4. The molecule has 0 bridgehead atoms. The summed E-state index contributed by atoms with van der Waals surface area (Å²) in [5, 5.41) is 22.2. The van der Waals surface area contributed by atoms with E-state index in [-0.39, 0.29) is 12.4 Å². The number of rotatable bonds is 6. The molecule has 0 unspecified atom stereocenters. The molecule has 1 heterocycles. The Kier molecular flexibility index (Phi) is 5.09. The molecule has 0 aliphatic rings. The number of aliphatic hydroxyl groups excluding tert-OH is 1. The van der Waals surface area contributed by atoms with Crippen LogP contribution in [0, 0.1) is 6.92 Å². The highest BCUT2D eigenvalue weighted by Gasteiger charge is 2.03. The highest BCUT2D eigenvalue weighted by molar-refractivity contribution is 5.35. The predicted molar refractivity (Wildman–Crippen MR) is 78.4 cm³/mol. The largest absolute Gasteiger partial charge is 0.508 e. The number of aliphatic hydroxyl groups is 1. The molecule has 0 atom stereocenters. The van der Waals surface area contributed by atoms with Gasteiger partial charge in [0.15, 0.2) is 0 Å². The number of nitrogens with zero attached hydrogens (tertiary/aromatic N) is 1. The van der Waals surface area contributed by atoms with Gasteiger partial charge in [-0.05, 0) is 54.8 Å². The van der Waals surface area contributed by atoms with Gasteiger partial charge in [-0.2, -0.15) is 0 Å². The van der Waals surface area contributed by atoms with Gasteiger partial charge in [0.25, 0.3) is 0 Å². The van der Waals surface area contributed by atoms with Crippen LogP contribution in [0.5, 0.6) is 5.75 Å². The van der Waals surface area contributed by atoms with Gasteiger partial charge < -0.3 is 15.5 Å². The zero-order valence-corrected chi connectivity index (χ0v) is 11.6. The van der Waals surface area contributed by atoms with Gasteiger partial charge in [-0.1, -0.05) is 6.07 Å². The maximum atomic E-state index is 9.76. The van der Waals surface area contributed by atoms with Crippen LogP contribution in [-0.2, 0) is 19.6 Å². The van der Waals surface area contributed by atoms with E-state index in [0.29, 0.717) is 6.54 Å². The highest BCUT2D eigenvalue weighted by atomic mass is 16.3. The molecule has 0 aliphatic heterocycles. The quantitative estimate of drug-likeness (QED) is 0.703. The van der Waals surface area contributed by atoms with Gasteiger partial charge >= 0.3 is 0 Å². The molecule has 1 aromatic heterocycles. The van der Waals surface area contributed by atoms with Gasteiger partial charge in [0.2, 0.25) is 0 Å². The summed E-state index contributed by atoms with van der Waals surface area (Å²) >= 11 is 0. The van der Waals surface area contributed by atoms with Crippen molar-refractivity contribution in [3.05, 3.63) is 58.9 Å². The van der Waals surface area contributed by atoms with Crippen molar-refractivity contribution in [2.24, 2.45) is 0 Å². The number of aromatic nitrogens is 1. The summed E-state index contributed by atoms with van der Waals surface area (Å²) < 4.78 is 0. The van der Waals surface area contributed by atoms with Crippen molar-refractivity contribution >= 4 is 0 Å². The number of nitrogens with one attached hydrogen (secondary N) is 1. The third-order valence-electron chi connectivity index (χ3n) is 3.35. The molecule has 20 heavy (non-hydrogen) atoms. The number of pyridine rings is 1. The summed E-state index contributed by atoms with van der Waals surface area (Å²) in [7, 11) is 0. The first-order chi connectivity index (χ1) is 9.70. The number of phenols is 1. The van der Waals surface area contributed by atoms with E-state index in [1.807, 2.05) is 18.3 Å². The second-order valence-electron chi connectivity index (χ2n) is 4.85. The standard InChI is InChI=1S/C16H20N2O2/c1-12-9-17-6-4-14(12)5-7-18-10-15-8-13(11-19)2-3-16(15)20/h2-4,6,8-9,18-20H,5,7,10-11H2,1H3. The minimum absolute atomic E-state index is 0.0104. The Labute approximate surface area is 119 Å². The van der Waals surface area contributed by atoms with Crippen LogP contribution in [-0.4, -0.2) is 21.7 Å². The maximum Gasteiger partial charge on any atom is 0.120 e. The van der Waals surface area contributed by atoms with Crippen molar-refractivity contribution in [3.8, 4) is 5.75 Å². The Balaban J connectivity index is 1.86. The van der Waals surface area contributed by atoms with Gasteiger partial charge in [0, 0.05) is 24.5 Å². The average molecular weight is 272 g/mol. The molecular weight excluding hydrogens is 252 g/mol. The lowest BCUT2D eigenvalue weighted by Gasteiger charge is -2.09. The molecular formula is C16H20N2O2. The Morgan fingerprint density at radius 2 is 2.05 bits per heavy atom. The average Bonchev–Trinajstić information content (AvgIpc) is 2.47. The zero-order valence-electron chi connectivity index (χ0n) is 11.6. The minimum Gasteiger partial charge on any atom is -0.508 e. The summed E-state index contributed by atoms with van der Waals surface area (Å²) in [4.78, 5) is 4.07. The molecule has 0 fully saturated rings. The fourth-order valence-corrected chi connectivity index (χ4v) is 2.11. The van der Waals surface area contributed by atoms with Crippen LogP contribution in [0.25, 0.3) is 0 Å². The van der Waals surface area contributed by atoms with Crippen LogP contribution in [0.15, 0.2) is 36.7 Å². The first-order valence-corrected chi connectivity index (χ1v) is 6.72. The Morgan fingerprint density at radius 1 is 1.20 bits per heavy atom. The van der Waals surface area contributed by atoms with E-state index in [1.165, 1.54) is 11.1 Å². The number of phenolic OH excluding ortho intramolecular Hbond substituents is 1. The molecule has 0 saturated carbocycles. The smallest absolute Gasteiger partial charge is 0.120 e. The number of aryl methyl sites for hydroxylation is 1. The van der Waals surface area contributed by atoms with Crippen molar-refractivity contribution in [1.82, 2.24) is 10.3 Å². The normalized spacial score (nSPS) is 10.7. The van der Waals surface area contributed by atoms with Crippen LogP contribution in [0.3, 0.4) is 0 Å². The summed E-state index contributed by atoms with van der Waals surface area (Å²) in [5.74, 6) is 0.259. The van der Waals surface area contributed by atoms with E-state index in [2.05, 4.69) is 17.2 Å². The molecule has 0 spiro atoms. The fraction of sp³-hybridized carbons (Fsp3) is 0.312. The maximum absolute atomic E-state index is 9.76. The van der Waals surface area contributed by atoms with Gasteiger partial charge in [-0.15, -0.1) is 0 Å². The summed E-state index contributed by atoms with van der Waals surface area (Å²) in [6.45, 7) is 3.46. The summed E-state index contributed by atoms with van der Waals surface area (Å²) in [6.07, 6.45) is 4.60. The van der Waals surface area contributed by atoms with Crippen molar-refractivity contribution in [3.63, 3.8) is 0 Å². The SMILES string of the molecule is Cc1cnccc1CCNCc1cc(CO)ccc1O. The number of aromatic hydroxyl groups is 1. The molecule has 4 nitrogen and oxygen atoms in total. The van der Waals surface area contributed by atoms with Crippen molar-refractivity contribution in [1.29, 1.82) is 0 Å². The molecule has 106 valence electrons. The van der Waals surface area contributed by atoms with Crippen LogP contribution in [0.2, 0.25) is 0 Å². The lowest BCUT2D eigenvalue weighted by atomic mass is 10.1. The van der Waals surface area contributed by atoms with E-state index in [4.69, 9.17) is 5.11 Å². The molecule has 0 aliphatic carbocycles. The van der Waals surface area contributed by atoms with E-state index in [1.54, 1.807) is 18.3 Å². The Bertz CT molecular complexity index is 570. The van der Waals surface area contributed by atoms with E-state index in [9.17, 15) is 5.11 Å². The first-order valence-electron chi connectivity index (χ1n) is 6.72. The molecule has 1 aromatic carbocycles. The third-order valence-corrected chi connectivity index (χ3v) is 3.35. The van der Waals surface area contributed by atoms with Crippen molar-refractivity contribution in [2.45, 2.75) is 26.5 Å². The molecule has 0 saturated heterocycles. The van der Waals surface area contributed by atoms with Crippen LogP contribution in [0.4, 0.5) is 0 Å². The molecule has 2 aromatic rings. The summed E-state index contributed by atoms with van der Waals surface area (Å²) in [5.41, 5.74) is 4.09. The topological polar surface area (TPSA) is 65.4 Å². The summed E-state index contributed by atoms with van der Waals surface area (Å²) in [6, 6.07) is 7.19. The van der Waals surface area contributed by atoms with Gasteiger partial charge in [0.1, 0.15) is 5.75 Å². The number of benzene rings is 1. The Hall–Kier alpha value is -1.91. The second kappa shape index (κ2) is 7.03. The van der Waals surface area contributed by atoms with Gasteiger partial charge in [-0.3, -0.25) is 4.98 Å². The third kappa shape index (κ3) is 3.79. The van der Waals surface area contributed by atoms with Crippen LogP contribution < -0.4 is 5.32 Å². The van der Waals surface area contributed by atoms with Crippen LogP contribution >= 0.6 is 0 Å². The highest BCUT2D eigenvalue weighted by Crippen LogP contribution is 2.18. The Morgan fingerprint density at radius 3 is 2.80 bits per heavy atom. The number of hydrogen-bond donors (Lipinski definition) is 3. The van der Waals surface area contributed by atoms with Crippen LogP contribution in [0.1, 0.15) is 22.3 Å². The second-order valence-corrected chi connectivity index (χ2v) is 4.85. The van der Waals surface area contributed by atoms with E-state index in [0.717, 1.165) is 24.1 Å². The minimum atomic E-state index is -0.0104. The molecule has 0 radical (unpaired) electrons. The van der Waals surface area contributed by atoms with Crippen molar-refractivity contribution < 1.29 is 10.2 Å². The van der Waals surface area contributed by atoms with Gasteiger partial charge in [0.05, 0.1) is 6.61 Å². The van der Waals surface area contributed by atoms with E-state index >= 15 is 0 Å². The molecule has 3 N–H and O–H groups in total. The van der Waals surface area contributed by atoms with E-state index < -0.39 is 0 Å². The molecule has 0 amide bonds. The molecule has 2 rings (SSSR count). The van der Waals surface area contributed by atoms with Gasteiger partial charge in [-0.25, -0.2) is 0 Å². The fourth-order valence-electron chi connectivity index (χ4n) is 2.11. The first kappa shape index (κ1) is 14.5. The number of hydrogen-bond acceptors (Lipinski definition) is 4. The predicted octanol–water partition coefficient (Wildman–Crippen LogP) is 1.92. The lowest BCUT2D eigenvalue weighted by Crippen LogP contribution is -2.17. The van der Waals surface area contributed by atoms with Crippen molar-refractivity contribution in [2.75, 3.05) is 6.54 Å². The molecule has 4 heteroatoms.